The molecule has 0 saturated carbocycles. The molecule has 2 N–H and O–H groups in total. The van der Waals surface area contributed by atoms with Crippen molar-refractivity contribution in [3.63, 3.8) is 0 Å². The standard InChI is InChI=1S/C29H24ClNO4/c30-22-15-16-26(25(17-22)29(34)21-11-5-2-6-12-21)31-18-23(32)19-35-27-14-8-7-13-24(27)28(33)20-9-3-1-4-10-20/h1-17,23,31-32H,18-19H2/t23-/m0/s1. The number of aliphatic hydroxyl groups is 1. The van der Waals surface area contributed by atoms with E-state index in [1.54, 1.807) is 91.0 Å². The van der Waals surface area contributed by atoms with Crippen LogP contribution in [0.2, 0.25) is 5.02 Å². The summed E-state index contributed by atoms with van der Waals surface area (Å²) in [4.78, 5) is 25.8. The van der Waals surface area contributed by atoms with Gasteiger partial charge < -0.3 is 15.2 Å². The van der Waals surface area contributed by atoms with Gasteiger partial charge in [-0.25, -0.2) is 0 Å². The molecular formula is C29H24ClNO4. The van der Waals surface area contributed by atoms with Crippen molar-refractivity contribution in [2.45, 2.75) is 6.10 Å². The molecule has 6 heteroatoms. The molecule has 0 saturated heterocycles. The highest BCUT2D eigenvalue weighted by Gasteiger charge is 2.17. The van der Waals surface area contributed by atoms with Crippen molar-refractivity contribution in [3.8, 4) is 5.75 Å². The molecule has 0 aliphatic rings. The lowest BCUT2D eigenvalue weighted by Gasteiger charge is -2.17. The van der Waals surface area contributed by atoms with Crippen molar-refractivity contribution >= 4 is 28.9 Å². The largest absolute Gasteiger partial charge is 0.490 e. The second kappa shape index (κ2) is 11.5. The van der Waals surface area contributed by atoms with E-state index < -0.39 is 6.10 Å². The summed E-state index contributed by atoms with van der Waals surface area (Å²) in [7, 11) is 0. The Morgan fingerprint density at radius 1 is 0.771 bits per heavy atom. The van der Waals surface area contributed by atoms with Crippen LogP contribution in [0.15, 0.2) is 103 Å². The summed E-state index contributed by atoms with van der Waals surface area (Å²) < 4.78 is 5.80. The molecule has 0 fully saturated rings. The second-order valence-electron chi connectivity index (χ2n) is 7.92. The first-order chi connectivity index (χ1) is 17.0. The van der Waals surface area contributed by atoms with Crippen LogP contribution in [0.25, 0.3) is 0 Å². The molecule has 4 aromatic carbocycles. The molecule has 176 valence electrons. The molecule has 0 spiro atoms. The van der Waals surface area contributed by atoms with E-state index in [2.05, 4.69) is 5.32 Å². The third kappa shape index (κ3) is 6.15. The molecule has 0 aliphatic heterocycles. The smallest absolute Gasteiger partial charge is 0.196 e. The fourth-order valence-corrected chi connectivity index (χ4v) is 3.77. The van der Waals surface area contributed by atoms with Crippen LogP contribution >= 0.6 is 11.6 Å². The first kappa shape index (κ1) is 24.2. The predicted octanol–water partition coefficient (Wildman–Crippen LogP) is 5.65. The maximum atomic E-state index is 13.0. The number of aliphatic hydroxyl groups excluding tert-OH is 1. The summed E-state index contributed by atoms with van der Waals surface area (Å²) >= 11 is 6.14. The minimum atomic E-state index is -0.898. The topological polar surface area (TPSA) is 75.6 Å². The van der Waals surface area contributed by atoms with Crippen molar-refractivity contribution in [2.24, 2.45) is 0 Å². The number of anilines is 1. The third-order valence-electron chi connectivity index (χ3n) is 5.39. The lowest BCUT2D eigenvalue weighted by Crippen LogP contribution is -2.27. The van der Waals surface area contributed by atoms with Gasteiger partial charge in [0.25, 0.3) is 0 Å². The van der Waals surface area contributed by atoms with E-state index >= 15 is 0 Å². The molecular weight excluding hydrogens is 462 g/mol. The average Bonchev–Trinajstić information content (AvgIpc) is 2.91. The summed E-state index contributed by atoms with van der Waals surface area (Å²) in [5.74, 6) is 0.0700. The zero-order chi connectivity index (χ0) is 24.6. The molecule has 0 amide bonds. The van der Waals surface area contributed by atoms with Gasteiger partial charge in [0.1, 0.15) is 18.5 Å². The normalized spacial score (nSPS) is 11.5. The number of rotatable bonds is 10. The van der Waals surface area contributed by atoms with Crippen molar-refractivity contribution in [1.29, 1.82) is 0 Å². The zero-order valence-corrected chi connectivity index (χ0v) is 19.6. The number of benzene rings is 4. The molecule has 0 bridgehead atoms. The second-order valence-corrected chi connectivity index (χ2v) is 8.36. The van der Waals surface area contributed by atoms with Crippen LogP contribution in [0.4, 0.5) is 5.69 Å². The Morgan fingerprint density at radius 2 is 1.34 bits per heavy atom. The van der Waals surface area contributed by atoms with E-state index in [4.69, 9.17) is 16.3 Å². The first-order valence-corrected chi connectivity index (χ1v) is 11.5. The van der Waals surface area contributed by atoms with Crippen molar-refractivity contribution in [3.05, 3.63) is 130 Å². The monoisotopic (exact) mass is 485 g/mol. The van der Waals surface area contributed by atoms with E-state index in [0.29, 0.717) is 38.7 Å². The Kier molecular flexibility index (Phi) is 7.93. The Bertz CT molecular complexity index is 1310. The fourth-order valence-electron chi connectivity index (χ4n) is 3.60. The van der Waals surface area contributed by atoms with Crippen LogP contribution in [0.1, 0.15) is 31.8 Å². The molecule has 1 atom stereocenters. The van der Waals surface area contributed by atoms with Gasteiger partial charge in [-0.2, -0.15) is 0 Å². The minimum Gasteiger partial charge on any atom is -0.490 e. The fraction of sp³-hybridized carbons (Fsp3) is 0.103. The number of carbonyl (C=O) groups excluding carboxylic acids is 2. The molecule has 35 heavy (non-hydrogen) atoms. The summed E-state index contributed by atoms with van der Waals surface area (Å²) in [6.07, 6.45) is -0.898. The highest BCUT2D eigenvalue weighted by Crippen LogP contribution is 2.24. The van der Waals surface area contributed by atoms with Crippen LogP contribution in [-0.4, -0.2) is 35.9 Å². The number of para-hydroxylation sites is 1. The van der Waals surface area contributed by atoms with Crippen molar-refractivity contribution in [2.75, 3.05) is 18.5 Å². The van der Waals surface area contributed by atoms with Crippen LogP contribution in [-0.2, 0) is 0 Å². The predicted molar refractivity (Wildman–Crippen MR) is 138 cm³/mol. The maximum absolute atomic E-state index is 13.0. The van der Waals surface area contributed by atoms with Gasteiger partial charge in [0.2, 0.25) is 0 Å². The van der Waals surface area contributed by atoms with Crippen molar-refractivity contribution in [1.82, 2.24) is 0 Å². The van der Waals surface area contributed by atoms with Gasteiger partial charge in [-0.1, -0.05) is 84.4 Å². The molecule has 5 nitrogen and oxygen atoms in total. The number of ether oxygens (including phenoxy) is 1. The first-order valence-electron chi connectivity index (χ1n) is 11.2. The minimum absolute atomic E-state index is 0.0400. The molecule has 4 rings (SSSR count). The van der Waals surface area contributed by atoms with Crippen LogP contribution < -0.4 is 10.1 Å². The molecule has 4 aromatic rings. The lowest BCUT2D eigenvalue weighted by atomic mass is 10.0. The maximum Gasteiger partial charge on any atom is 0.196 e. The Balaban J connectivity index is 1.41. The van der Waals surface area contributed by atoms with Crippen LogP contribution in [0, 0.1) is 0 Å². The molecule has 0 aliphatic carbocycles. The quantitative estimate of drug-likeness (QED) is 0.284. The van der Waals surface area contributed by atoms with Crippen molar-refractivity contribution < 1.29 is 19.4 Å². The number of hydrogen-bond donors (Lipinski definition) is 2. The van der Waals surface area contributed by atoms with Gasteiger partial charge in [0, 0.05) is 33.9 Å². The van der Waals surface area contributed by atoms with Gasteiger partial charge in [0.05, 0.1) is 5.56 Å². The van der Waals surface area contributed by atoms with E-state index in [-0.39, 0.29) is 24.7 Å². The SMILES string of the molecule is O=C(c1ccccc1)c1cc(Cl)ccc1NC[C@H](O)COc1ccccc1C(=O)c1ccccc1. The molecule has 0 radical (unpaired) electrons. The van der Waals surface area contributed by atoms with E-state index in [1.807, 2.05) is 12.1 Å². The third-order valence-corrected chi connectivity index (χ3v) is 5.62. The Hall–Kier alpha value is -3.93. The molecule has 0 aromatic heterocycles. The number of carbonyl (C=O) groups is 2. The van der Waals surface area contributed by atoms with Gasteiger partial charge in [-0.05, 0) is 30.3 Å². The summed E-state index contributed by atoms with van der Waals surface area (Å²) in [6.45, 7) is 0.0904. The molecule has 0 heterocycles. The van der Waals surface area contributed by atoms with Gasteiger partial charge in [-0.3, -0.25) is 9.59 Å². The average molecular weight is 486 g/mol. The van der Waals surface area contributed by atoms with Crippen LogP contribution in [0.5, 0.6) is 5.75 Å². The van der Waals surface area contributed by atoms with Gasteiger partial charge in [-0.15, -0.1) is 0 Å². The number of ketones is 2. The van der Waals surface area contributed by atoms with E-state index in [9.17, 15) is 14.7 Å². The summed E-state index contributed by atoms with van der Waals surface area (Å²) in [5, 5.41) is 14.1. The lowest BCUT2D eigenvalue weighted by molar-refractivity contribution is 0.101. The highest BCUT2D eigenvalue weighted by atomic mass is 35.5. The van der Waals surface area contributed by atoms with Crippen LogP contribution in [0.3, 0.4) is 0 Å². The number of nitrogens with one attached hydrogen (secondary N) is 1. The number of halogens is 1. The summed E-state index contributed by atoms with van der Waals surface area (Å²) in [6, 6.07) is 29.8. The Labute approximate surface area is 209 Å². The Morgan fingerprint density at radius 3 is 2.00 bits per heavy atom. The van der Waals surface area contributed by atoms with Gasteiger partial charge in [0.15, 0.2) is 11.6 Å². The van der Waals surface area contributed by atoms with E-state index in [0.717, 1.165) is 0 Å². The van der Waals surface area contributed by atoms with E-state index in [1.165, 1.54) is 0 Å². The van der Waals surface area contributed by atoms with Gasteiger partial charge >= 0.3 is 0 Å². The highest BCUT2D eigenvalue weighted by molar-refractivity contribution is 6.31. The summed E-state index contributed by atoms with van der Waals surface area (Å²) in [5.41, 5.74) is 2.50. The molecule has 0 unspecified atom stereocenters. The number of hydrogen-bond acceptors (Lipinski definition) is 5. The zero-order valence-electron chi connectivity index (χ0n) is 18.9.